The van der Waals surface area contributed by atoms with Gasteiger partial charge >= 0.3 is 0 Å². The highest BCUT2D eigenvalue weighted by molar-refractivity contribution is 5.94. The van der Waals surface area contributed by atoms with Crippen LogP contribution in [0, 0.1) is 0 Å². The molecule has 0 fully saturated rings. The number of nitrogens with zero attached hydrogens (tertiary/aromatic N) is 2. The van der Waals surface area contributed by atoms with E-state index in [1.54, 1.807) is 7.11 Å². The Morgan fingerprint density at radius 2 is 1.40 bits per heavy atom. The summed E-state index contributed by atoms with van der Waals surface area (Å²) in [4.78, 5) is 15.7. The summed E-state index contributed by atoms with van der Waals surface area (Å²) < 4.78 is 14.3. The minimum absolute atomic E-state index is 0.00113. The largest absolute Gasteiger partial charge is 0.493 e. The SMILES string of the molecule is CCCCCCCCCCCCCCOc1c(CN(Cc2ccc[n+](CCC)c2)C(=O)c2ccccc2)cccc1OC. The van der Waals surface area contributed by atoms with Gasteiger partial charge in [0.1, 0.15) is 6.54 Å². The van der Waals surface area contributed by atoms with Gasteiger partial charge in [0.15, 0.2) is 23.9 Å². The van der Waals surface area contributed by atoms with Gasteiger partial charge in [-0.1, -0.05) is 115 Å². The van der Waals surface area contributed by atoms with E-state index in [-0.39, 0.29) is 5.91 Å². The molecule has 5 nitrogen and oxygen atoms in total. The minimum Gasteiger partial charge on any atom is -0.493 e. The summed E-state index contributed by atoms with van der Waals surface area (Å²) in [7, 11) is 1.68. The van der Waals surface area contributed by atoms with Crippen molar-refractivity contribution in [3.05, 3.63) is 89.7 Å². The molecule has 1 heterocycles. The fourth-order valence-corrected chi connectivity index (χ4v) is 5.58. The number of para-hydroxylation sites is 1. The van der Waals surface area contributed by atoms with E-state index in [2.05, 4.69) is 42.9 Å². The van der Waals surface area contributed by atoms with Crippen LogP contribution in [0.1, 0.15) is 119 Å². The smallest absolute Gasteiger partial charge is 0.254 e. The molecule has 2 aromatic carbocycles. The highest BCUT2D eigenvalue weighted by atomic mass is 16.5. The molecule has 3 rings (SSSR count). The lowest BCUT2D eigenvalue weighted by atomic mass is 10.1. The Hall–Kier alpha value is -3.34. The Labute approximate surface area is 261 Å². The number of ether oxygens (including phenoxy) is 2. The van der Waals surface area contributed by atoms with E-state index in [1.807, 2.05) is 53.4 Å². The molecular formula is C38H55N2O3+. The van der Waals surface area contributed by atoms with Gasteiger partial charge in [0.25, 0.3) is 5.91 Å². The topological polar surface area (TPSA) is 42.7 Å². The summed E-state index contributed by atoms with van der Waals surface area (Å²) in [6.45, 7) is 6.99. The van der Waals surface area contributed by atoms with Gasteiger partial charge in [-0.05, 0) is 30.7 Å². The molecule has 0 saturated heterocycles. The van der Waals surface area contributed by atoms with Crippen molar-refractivity contribution in [2.45, 2.75) is 117 Å². The molecule has 0 radical (unpaired) electrons. The van der Waals surface area contributed by atoms with Gasteiger partial charge in [-0.25, -0.2) is 4.57 Å². The van der Waals surface area contributed by atoms with Gasteiger partial charge in [-0.3, -0.25) is 4.79 Å². The van der Waals surface area contributed by atoms with Crippen molar-refractivity contribution in [1.29, 1.82) is 0 Å². The summed E-state index contributed by atoms with van der Waals surface area (Å²) in [5, 5.41) is 0. The number of pyridine rings is 1. The van der Waals surface area contributed by atoms with Crippen LogP contribution in [0.4, 0.5) is 0 Å². The van der Waals surface area contributed by atoms with Crippen LogP contribution in [0.5, 0.6) is 11.5 Å². The number of benzene rings is 2. The first-order valence-electron chi connectivity index (χ1n) is 16.8. The van der Waals surface area contributed by atoms with Gasteiger partial charge in [0.2, 0.25) is 0 Å². The lowest BCUT2D eigenvalue weighted by Crippen LogP contribution is -2.35. The van der Waals surface area contributed by atoms with Crippen LogP contribution < -0.4 is 14.0 Å². The fraction of sp³-hybridized carbons (Fsp3) is 0.526. The van der Waals surface area contributed by atoms with Crippen LogP contribution in [0.2, 0.25) is 0 Å². The number of methoxy groups -OCH3 is 1. The van der Waals surface area contributed by atoms with Crippen LogP contribution in [-0.4, -0.2) is 24.5 Å². The van der Waals surface area contributed by atoms with Gasteiger partial charge in [-0.15, -0.1) is 0 Å². The van der Waals surface area contributed by atoms with Crippen molar-refractivity contribution < 1.29 is 18.8 Å². The molecule has 3 aromatic rings. The maximum Gasteiger partial charge on any atom is 0.254 e. The van der Waals surface area contributed by atoms with E-state index in [4.69, 9.17) is 9.47 Å². The van der Waals surface area contributed by atoms with Crippen molar-refractivity contribution in [1.82, 2.24) is 4.90 Å². The first-order chi connectivity index (χ1) is 21.2. The molecular weight excluding hydrogens is 532 g/mol. The number of carbonyl (C=O) groups is 1. The average Bonchev–Trinajstić information content (AvgIpc) is 3.03. The number of aromatic nitrogens is 1. The van der Waals surface area contributed by atoms with Crippen LogP contribution in [-0.2, 0) is 19.6 Å². The molecule has 0 aliphatic heterocycles. The molecule has 0 saturated carbocycles. The Morgan fingerprint density at radius 1 is 0.721 bits per heavy atom. The summed E-state index contributed by atoms with van der Waals surface area (Å²) in [6.07, 6.45) is 21.0. The summed E-state index contributed by atoms with van der Waals surface area (Å²) >= 11 is 0. The van der Waals surface area contributed by atoms with Gasteiger partial charge in [-0.2, -0.15) is 0 Å². The molecule has 1 aromatic heterocycles. The van der Waals surface area contributed by atoms with Crippen molar-refractivity contribution in [3.63, 3.8) is 0 Å². The lowest BCUT2D eigenvalue weighted by molar-refractivity contribution is -0.697. The quantitative estimate of drug-likeness (QED) is 0.0869. The third-order valence-corrected chi connectivity index (χ3v) is 7.97. The van der Waals surface area contributed by atoms with Crippen molar-refractivity contribution in [2.75, 3.05) is 13.7 Å². The van der Waals surface area contributed by atoms with Gasteiger partial charge in [0.05, 0.1) is 26.8 Å². The summed E-state index contributed by atoms with van der Waals surface area (Å²) in [5.41, 5.74) is 2.74. The summed E-state index contributed by atoms with van der Waals surface area (Å²) in [5.74, 6) is 1.46. The monoisotopic (exact) mass is 587 g/mol. The van der Waals surface area contributed by atoms with E-state index in [0.717, 1.165) is 36.3 Å². The minimum atomic E-state index is 0.00113. The first kappa shape index (κ1) is 34.2. The second kappa shape index (κ2) is 20.5. The predicted molar refractivity (Wildman–Crippen MR) is 177 cm³/mol. The zero-order valence-corrected chi connectivity index (χ0v) is 27.1. The zero-order chi connectivity index (χ0) is 30.5. The highest BCUT2D eigenvalue weighted by Gasteiger charge is 2.21. The van der Waals surface area contributed by atoms with Gasteiger partial charge in [0, 0.05) is 29.2 Å². The van der Waals surface area contributed by atoms with Gasteiger partial charge < -0.3 is 14.4 Å². The molecule has 0 atom stereocenters. The predicted octanol–water partition coefficient (Wildman–Crippen LogP) is 9.32. The second-order valence-electron chi connectivity index (χ2n) is 11.7. The van der Waals surface area contributed by atoms with E-state index in [1.165, 1.54) is 70.6 Å². The first-order valence-corrected chi connectivity index (χ1v) is 16.8. The number of hydrogen-bond acceptors (Lipinski definition) is 3. The van der Waals surface area contributed by atoms with E-state index in [9.17, 15) is 4.79 Å². The molecule has 0 spiro atoms. The molecule has 1 amide bonds. The van der Waals surface area contributed by atoms with Crippen molar-refractivity contribution in [3.8, 4) is 11.5 Å². The molecule has 0 unspecified atom stereocenters. The number of rotatable bonds is 22. The number of hydrogen-bond donors (Lipinski definition) is 0. The van der Waals surface area contributed by atoms with Crippen LogP contribution in [0.15, 0.2) is 73.1 Å². The molecule has 0 N–H and O–H groups in total. The molecule has 0 aliphatic carbocycles. The van der Waals surface area contributed by atoms with Crippen LogP contribution in [0.3, 0.4) is 0 Å². The fourth-order valence-electron chi connectivity index (χ4n) is 5.58. The Balaban J connectivity index is 1.59. The average molecular weight is 588 g/mol. The van der Waals surface area contributed by atoms with E-state index < -0.39 is 0 Å². The maximum atomic E-state index is 13.8. The summed E-state index contributed by atoms with van der Waals surface area (Å²) in [6, 6.07) is 19.7. The van der Waals surface area contributed by atoms with Crippen LogP contribution in [0.25, 0.3) is 0 Å². The second-order valence-corrected chi connectivity index (χ2v) is 11.7. The number of amides is 1. The normalized spacial score (nSPS) is 11.0. The highest BCUT2D eigenvalue weighted by Crippen LogP contribution is 2.33. The van der Waals surface area contributed by atoms with Crippen molar-refractivity contribution >= 4 is 5.91 Å². The molecule has 0 bridgehead atoms. The maximum absolute atomic E-state index is 13.8. The molecule has 0 aliphatic rings. The molecule has 43 heavy (non-hydrogen) atoms. The lowest BCUT2D eigenvalue weighted by Gasteiger charge is -2.25. The van der Waals surface area contributed by atoms with Crippen molar-refractivity contribution in [2.24, 2.45) is 0 Å². The number of unbranched alkanes of at least 4 members (excludes halogenated alkanes) is 11. The molecule has 234 valence electrons. The number of carbonyl (C=O) groups excluding carboxylic acids is 1. The zero-order valence-electron chi connectivity index (χ0n) is 27.1. The molecule has 5 heteroatoms. The standard InChI is InChI=1S/C38H55N2O3/c1-4-6-7-8-9-10-11-12-13-14-15-19-29-43-37-35(25-20-26-36(37)42-3)32-40(38(41)34-23-17-16-18-24-34)31-33-22-21-28-39(30-33)27-5-2/h16-18,20-26,28,30H,4-15,19,27,29,31-32H2,1-3H3/q+1. The van der Waals surface area contributed by atoms with Crippen LogP contribution >= 0.6 is 0 Å². The van der Waals surface area contributed by atoms with E-state index in [0.29, 0.717) is 31.0 Å². The third kappa shape index (κ3) is 12.4. The Kier molecular flexibility index (Phi) is 16.3. The Morgan fingerprint density at radius 3 is 2.05 bits per heavy atom. The Bertz CT molecular complexity index is 1180. The number of aryl methyl sites for hydroxylation is 1. The third-order valence-electron chi connectivity index (χ3n) is 7.97. The van der Waals surface area contributed by atoms with E-state index >= 15 is 0 Å².